The van der Waals surface area contributed by atoms with Crippen molar-refractivity contribution < 1.29 is 9.53 Å². The number of rotatable bonds is 6. The molecule has 126 valence electrons. The van der Waals surface area contributed by atoms with Crippen LogP contribution in [0.4, 0.5) is 5.82 Å². The Hall–Kier alpha value is -3.34. The van der Waals surface area contributed by atoms with Crippen LogP contribution in [0.5, 0.6) is 5.75 Å². The van der Waals surface area contributed by atoms with Crippen molar-refractivity contribution in [2.24, 2.45) is 7.05 Å². The molecule has 0 unspecified atom stereocenters. The molecule has 1 N–H and O–H groups in total. The second-order valence-electron chi connectivity index (χ2n) is 5.54. The zero-order valence-electron chi connectivity index (χ0n) is 13.9. The molecule has 0 spiro atoms. The fourth-order valence-corrected chi connectivity index (χ4v) is 2.24. The summed E-state index contributed by atoms with van der Waals surface area (Å²) in [5, 5.41) is 6.80. The van der Waals surface area contributed by atoms with Gasteiger partial charge in [0.05, 0.1) is 0 Å². The molecule has 1 aromatic heterocycles. The summed E-state index contributed by atoms with van der Waals surface area (Å²) in [6.07, 6.45) is 5.00. The molecule has 0 aliphatic rings. The highest BCUT2D eigenvalue weighted by atomic mass is 16.5. The Kier molecular flexibility index (Phi) is 5.26. The average molecular weight is 333 g/mol. The topological polar surface area (TPSA) is 56.2 Å². The van der Waals surface area contributed by atoms with Gasteiger partial charge in [0.25, 0.3) is 0 Å². The maximum atomic E-state index is 11.8. The van der Waals surface area contributed by atoms with Gasteiger partial charge in [0.2, 0.25) is 5.91 Å². The summed E-state index contributed by atoms with van der Waals surface area (Å²) >= 11 is 0. The Balaban J connectivity index is 1.52. The van der Waals surface area contributed by atoms with Crippen LogP contribution in [0.15, 0.2) is 72.9 Å². The molecule has 1 amide bonds. The normalized spacial score (nSPS) is 10.8. The molecule has 3 aromatic rings. The first-order chi connectivity index (χ1) is 12.2. The molecule has 0 aliphatic carbocycles. The van der Waals surface area contributed by atoms with Gasteiger partial charge in [-0.15, -0.1) is 0 Å². The maximum absolute atomic E-state index is 11.8. The lowest BCUT2D eigenvalue weighted by Gasteiger charge is -2.06. The number of benzene rings is 2. The summed E-state index contributed by atoms with van der Waals surface area (Å²) in [5.41, 5.74) is 2.04. The quantitative estimate of drug-likeness (QED) is 0.701. The van der Waals surface area contributed by atoms with Gasteiger partial charge in [-0.25, -0.2) is 0 Å². The third kappa shape index (κ3) is 5.07. The van der Waals surface area contributed by atoms with Crippen LogP contribution in [0.2, 0.25) is 0 Å². The number of nitrogens with one attached hydrogen (secondary N) is 1. The van der Waals surface area contributed by atoms with Crippen molar-refractivity contribution in [3.63, 3.8) is 0 Å². The van der Waals surface area contributed by atoms with E-state index in [0.29, 0.717) is 12.4 Å². The molecule has 0 saturated heterocycles. The Labute approximate surface area is 146 Å². The van der Waals surface area contributed by atoms with Gasteiger partial charge in [0, 0.05) is 25.4 Å². The second-order valence-corrected chi connectivity index (χ2v) is 5.54. The lowest BCUT2D eigenvalue weighted by molar-refractivity contribution is -0.111. The minimum absolute atomic E-state index is 0.219. The number of ether oxygens (including phenoxy) is 1. The third-order valence-electron chi connectivity index (χ3n) is 3.52. The SMILES string of the molecule is Cn1ccc(NC(=O)/C=C/c2ccc(OCc3ccccc3)cc2)n1. The van der Waals surface area contributed by atoms with E-state index in [1.165, 1.54) is 6.08 Å². The Morgan fingerprint density at radius 3 is 2.56 bits per heavy atom. The molecule has 5 nitrogen and oxygen atoms in total. The zero-order valence-corrected chi connectivity index (χ0v) is 13.9. The molecule has 0 fully saturated rings. The number of hydrogen-bond donors (Lipinski definition) is 1. The summed E-state index contributed by atoms with van der Waals surface area (Å²) < 4.78 is 7.37. The van der Waals surface area contributed by atoms with Crippen LogP contribution in [0.1, 0.15) is 11.1 Å². The highest BCUT2D eigenvalue weighted by Gasteiger charge is 2.00. The van der Waals surface area contributed by atoms with Crippen molar-refractivity contribution in [3.8, 4) is 5.75 Å². The van der Waals surface area contributed by atoms with E-state index in [2.05, 4.69) is 10.4 Å². The number of amides is 1. The predicted octanol–water partition coefficient (Wildman–Crippen LogP) is 3.65. The molecular weight excluding hydrogens is 314 g/mol. The molecule has 1 heterocycles. The predicted molar refractivity (Wildman–Crippen MR) is 98.1 cm³/mol. The van der Waals surface area contributed by atoms with Crippen LogP contribution in [0.25, 0.3) is 6.08 Å². The van der Waals surface area contributed by atoms with E-state index >= 15 is 0 Å². The fraction of sp³-hybridized carbons (Fsp3) is 0.100. The van der Waals surface area contributed by atoms with Crippen molar-refractivity contribution >= 4 is 17.8 Å². The number of anilines is 1. The van der Waals surface area contributed by atoms with Crippen LogP contribution in [-0.2, 0) is 18.4 Å². The van der Waals surface area contributed by atoms with E-state index in [1.54, 1.807) is 30.1 Å². The summed E-state index contributed by atoms with van der Waals surface area (Å²) in [6, 6.07) is 19.3. The number of carbonyl (C=O) groups is 1. The third-order valence-corrected chi connectivity index (χ3v) is 3.52. The van der Waals surface area contributed by atoms with Crippen molar-refractivity contribution in [2.45, 2.75) is 6.61 Å². The minimum atomic E-state index is -0.219. The van der Waals surface area contributed by atoms with Gasteiger partial charge in [0.15, 0.2) is 5.82 Å². The van der Waals surface area contributed by atoms with Gasteiger partial charge in [-0.3, -0.25) is 9.48 Å². The number of aryl methyl sites for hydroxylation is 1. The van der Waals surface area contributed by atoms with Gasteiger partial charge in [-0.05, 0) is 29.3 Å². The molecule has 3 rings (SSSR count). The number of nitrogens with zero attached hydrogens (tertiary/aromatic N) is 2. The van der Waals surface area contributed by atoms with Crippen molar-refractivity contribution in [1.82, 2.24) is 9.78 Å². The summed E-state index contributed by atoms with van der Waals surface area (Å²) in [7, 11) is 1.80. The zero-order chi connectivity index (χ0) is 17.5. The van der Waals surface area contributed by atoms with Gasteiger partial charge >= 0.3 is 0 Å². The Bertz CT molecular complexity index is 852. The summed E-state index contributed by atoms with van der Waals surface area (Å²) in [4.78, 5) is 11.8. The summed E-state index contributed by atoms with van der Waals surface area (Å²) in [6.45, 7) is 0.530. The lowest BCUT2D eigenvalue weighted by atomic mass is 10.2. The van der Waals surface area contributed by atoms with E-state index in [9.17, 15) is 4.79 Å². The Morgan fingerprint density at radius 1 is 1.12 bits per heavy atom. The molecule has 0 bridgehead atoms. The molecule has 0 saturated carbocycles. The van der Waals surface area contributed by atoms with Crippen LogP contribution in [0.3, 0.4) is 0 Å². The first kappa shape index (κ1) is 16.5. The van der Waals surface area contributed by atoms with Crippen molar-refractivity contribution in [1.29, 1.82) is 0 Å². The molecule has 5 heteroatoms. The van der Waals surface area contributed by atoms with Crippen LogP contribution >= 0.6 is 0 Å². The minimum Gasteiger partial charge on any atom is -0.489 e. The highest BCUT2D eigenvalue weighted by molar-refractivity contribution is 6.01. The lowest BCUT2D eigenvalue weighted by Crippen LogP contribution is -2.08. The standard InChI is InChI=1S/C20H19N3O2/c1-23-14-13-19(22-23)21-20(24)12-9-16-7-10-18(11-8-16)25-15-17-5-3-2-4-6-17/h2-14H,15H2,1H3,(H,21,22,24)/b12-9+. The van der Waals surface area contributed by atoms with E-state index in [0.717, 1.165) is 16.9 Å². The number of hydrogen-bond acceptors (Lipinski definition) is 3. The maximum Gasteiger partial charge on any atom is 0.249 e. The number of carbonyl (C=O) groups excluding carboxylic acids is 1. The van der Waals surface area contributed by atoms with Crippen molar-refractivity contribution in [2.75, 3.05) is 5.32 Å². The van der Waals surface area contributed by atoms with Crippen LogP contribution in [-0.4, -0.2) is 15.7 Å². The highest BCUT2D eigenvalue weighted by Crippen LogP contribution is 2.15. The smallest absolute Gasteiger partial charge is 0.249 e. The van der Waals surface area contributed by atoms with E-state index in [4.69, 9.17) is 4.74 Å². The van der Waals surface area contributed by atoms with Gasteiger partial charge < -0.3 is 10.1 Å². The average Bonchev–Trinajstić information content (AvgIpc) is 3.04. The number of aromatic nitrogens is 2. The molecule has 0 atom stereocenters. The van der Waals surface area contributed by atoms with Crippen molar-refractivity contribution in [3.05, 3.63) is 84.1 Å². The second kappa shape index (κ2) is 7.97. The molecular formula is C20H19N3O2. The monoisotopic (exact) mass is 333 g/mol. The van der Waals surface area contributed by atoms with E-state index in [-0.39, 0.29) is 5.91 Å². The van der Waals surface area contributed by atoms with Crippen LogP contribution < -0.4 is 10.1 Å². The fourth-order valence-electron chi connectivity index (χ4n) is 2.24. The van der Waals surface area contributed by atoms with Gasteiger partial charge in [-0.2, -0.15) is 5.10 Å². The van der Waals surface area contributed by atoms with E-state index < -0.39 is 0 Å². The molecule has 0 radical (unpaired) electrons. The van der Waals surface area contributed by atoms with Crippen LogP contribution in [0, 0.1) is 0 Å². The van der Waals surface area contributed by atoms with Gasteiger partial charge in [-0.1, -0.05) is 42.5 Å². The van der Waals surface area contributed by atoms with E-state index in [1.807, 2.05) is 54.6 Å². The first-order valence-electron chi connectivity index (χ1n) is 7.94. The molecule has 25 heavy (non-hydrogen) atoms. The Morgan fingerprint density at radius 2 is 1.88 bits per heavy atom. The summed E-state index contributed by atoms with van der Waals surface area (Å²) in [5.74, 6) is 1.10. The van der Waals surface area contributed by atoms with Gasteiger partial charge in [0.1, 0.15) is 12.4 Å². The first-order valence-corrected chi connectivity index (χ1v) is 7.94. The molecule has 2 aromatic carbocycles. The largest absolute Gasteiger partial charge is 0.489 e. The molecule has 0 aliphatic heterocycles.